The Morgan fingerprint density at radius 2 is 2.16 bits per heavy atom. The van der Waals surface area contributed by atoms with Crippen molar-refractivity contribution >= 4 is 22.9 Å². The summed E-state index contributed by atoms with van der Waals surface area (Å²) in [6.07, 6.45) is 1.07. The summed E-state index contributed by atoms with van der Waals surface area (Å²) in [7, 11) is 0. The van der Waals surface area contributed by atoms with Crippen molar-refractivity contribution in [3.63, 3.8) is 0 Å². The van der Waals surface area contributed by atoms with Gasteiger partial charge < -0.3 is 10.2 Å². The fourth-order valence-corrected chi connectivity index (χ4v) is 3.17. The van der Waals surface area contributed by atoms with Gasteiger partial charge in [-0.2, -0.15) is 11.3 Å². The molecular formula is C15H24N2OS. The van der Waals surface area contributed by atoms with Crippen LogP contribution >= 0.6 is 11.3 Å². The van der Waals surface area contributed by atoms with Crippen molar-refractivity contribution in [1.82, 2.24) is 5.32 Å². The standard InChI is InChI=1S/C15H24N2OS/c1-11-7-12(16-14(18)15(2,3)4)9-17(8-11)13-5-6-19-10-13/h5-6,10-12H,7-9H2,1-4H3,(H,16,18). The molecule has 1 aromatic rings. The third kappa shape index (κ3) is 3.72. The number of rotatable bonds is 2. The van der Waals surface area contributed by atoms with Crippen LogP contribution in [0, 0.1) is 11.3 Å². The number of hydrogen-bond donors (Lipinski definition) is 1. The molecule has 0 bridgehead atoms. The molecule has 0 aromatic carbocycles. The summed E-state index contributed by atoms with van der Waals surface area (Å²) in [6, 6.07) is 2.42. The van der Waals surface area contributed by atoms with Crippen molar-refractivity contribution in [3.05, 3.63) is 16.8 Å². The van der Waals surface area contributed by atoms with Crippen LogP contribution in [-0.4, -0.2) is 25.0 Å². The summed E-state index contributed by atoms with van der Waals surface area (Å²) in [6.45, 7) is 10.2. The van der Waals surface area contributed by atoms with Crippen molar-refractivity contribution in [2.24, 2.45) is 11.3 Å². The Labute approximate surface area is 120 Å². The summed E-state index contributed by atoms with van der Waals surface area (Å²) in [5.41, 5.74) is 0.972. The molecule has 19 heavy (non-hydrogen) atoms. The molecule has 106 valence electrons. The minimum atomic E-state index is -0.312. The molecule has 1 N–H and O–H groups in total. The highest BCUT2D eigenvalue weighted by Gasteiger charge is 2.29. The minimum Gasteiger partial charge on any atom is -0.369 e. The molecule has 1 aliphatic heterocycles. The molecule has 0 spiro atoms. The first kappa shape index (κ1) is 14.4. The van der Waals surface area contributed by atoms with Gasteiger partial charge in [-0.25, -0.2) is 0 Å². The average Bonchev–Trinajstić information content (AvgIpc) is 2.80. The molecule has 4 heteroatoms. The highest BCUT2D eigenvalue weighted by Crippen LogP contribution is 2.25. The van der Waals surface area contributed by atoms with E-state index in [9.17, 15) is 4.79 Å². The summed E-state index contributed by atoms with van der Waals surface area (Å²) >= 11 is 1.72. The van der Waals surface area contributed by atoms with Gasteiger partial charge in [-0.3, -0.25) is 4.79 Å². The van der Waals surface area contributed by atoms with Gasteiger partial charge in [0.25, 0.3) is 0 Å². The van der Waals surface area contributed by atoms with E-state index in [0.29, 0.717) is 5.92 Å². The van der Waals surface area contributed by atoms with E-state index in [0.717, 1.165) is 19.5 Å². The van der Waals surface area contributed by atoms with Gasteiger partial charge in [0.05, 0.1) is 0 Å². The van der Waals surface area contributed by atoms with Crippen LogP contribution in [0.4, 0.5) is 5.69 Å². The molecule has 0 saturated carbocycles. The van der Waals surface area contributed by atoms with Gasteiger partial charge in [-0.1, -0.05) is 27.7 Å². The van der Waals surface area contributed by atoms with E-state index in [2.05, 4.69) is 34.0 Å². The largest absolute Gasteiger partial charge is 0.369 e. The van der Waals surface area contributed by atoms with Gasteiger partial charge in [0.1, 0.15) is 0 Å². The number of piperidine rings is 1. The minimum absolute atomic E-state index is 0.150. The number of hydrogen-bond acceptors (Lipinski definition) is 3. The Kier molecular flexibility index (Phi) is 4.19. The number of thiophene rings is 1. The van der Waals surface area contributed by atoms with Gasteiger partial charge in [-0.15, -0.1) is 0 Å². The van der Waals surface area contributed by atoms with Crippen LogP contribution in [0.2, 0.25) is 0 Å². The van der Waals surface area contributed by atoms with Crippen molar-refractivity contribution in [1.29, 1.82) is 0 Å². The molecule has 1 aliphatic rings. The number of anilines is 1. The van der Waals surface area contributed by atoms with Crippen LogP contribution in [0.3, 0.4) is 0 Å². The zero-order valence-electron chi connectivity index (χ0n) is 12.3. The van der Waals surface area contributed by atoms with Crippen molar-refractivity contribution < 1.29 is 4.79 Å². The van der Waals surface area contributed by atoms with Crippen LogP contribution < -0.4 is 10.2 Å². The molecule has 1 saturated heterocycles. The smallest absolute Gasteiger partial charge is 0.225 e. The highest BCUT2D eigenvalue weighted by molar-refractivity contribution is 7.08. The number of carbonyl (C=O) groups is 1. The van der Waals surface area contributed by atoms with Crippen molar-refractivity contribution in [2.75, 3.05) is 18.0 Å². The second-order valence-electron chi connectivity index (χ2n) is 6.65. The van der Waals surface area contributed by atoms with E-state index < -0.39 is 0 Å². The molecule has 2 unspecified atom stereocenters. The molecule has 2 atom stereocenters. The Hall–Kier alpha value is -1.03. The predicted molar refractivity (Wildman–Crippen MR) is 81.7 cm³/mol. The first-order chi connectivity index (χ1) is 8.86. The fourth-order valence-electron chi connectivity index (χ4n) is 2.51. The van der Waals surface area contributed by atoms with Gasteiger partial charge >= 0.3 is 0 Å². The summed E-state index contributed by atoms with van der Waals surface area (Å²) in [5, 5.41) is 7.49. The first-order valence-electron chi connectivity index (χ1n) is 6.94. The Morgan fingerprint density at radius 1 is 1.42 bits per heavy atom. The lowest BCUT2D eigenvalue weighted by molar-refractivity contribution is -0.129. The van der Waals surface area contributed by atoms with Crippen LogP contribution in [-0.2, 0) is 4.79 Å². The van der Waals surface area contributed by atoms with Gasteiger partial charge in [-0.05, 0) is 23.8 Å². The zero-order chi connectivity index (χ0) is 14.0. The molecular weight excluding hydrogens is 256 g/mol. The Balaban J connectivity index is 2.00. The highest BCUT2D eigenvalue weighted by atomic mass is 32.1. The maximum Gasteiger partial charge on any atom is 0.225 e. The monoisotopic (exact) mass is 280 g/mol. The Bertz CT molecular complexity index is 422. The normalized spacial score (nSPS) is 24.3. The topological polar surface area (TPSA) is 32.3 Å². The average molecular weight is 280 g/mol. The summed E-state index contributed by atoms with van der Waals surface area (Å²) < 4.78 is 0. The van der Waals surface area contributed by atoms with E-state index in [1.54, 1.807) is 11.3 Å². The number of nitrogens with zero attached hydrogens (tertiary/aromatic N) is 1. The van der Waals surface area contributed by atoms with Crippen LogP contribution in [0.25, 0.3) is 0 Å². The molecule has 3 nitrogen and oxygen atoms in total. The van der Waals surface area contributed by atoms with E-state index >= 15 is 0 Å². The van der Waals surface area contributed by atoms with Crippen molar-refractivity contribution in [3.8, 4) is 0 Å². The summed E-state index contributed by atoms with van der Waals surface area (Å²) in [5.74, 6) is 0.760. The SMILES string of the molecule is CC1CC(NC(=O)C(C)(C)C)CN(c2ccsc2)C1. The van der Waals surface area contributed by atoms with E-state index in [1.165, 1.54) is 5.69 Å². The molecule has 2 rings (SSSR count). The maximum absolute atomic E-state index is 12.1. The third-order valence-electron chi connectivity index (χ3n) is 3.55. The number of carbonyl (C=O) groups excluding carboxylic acids is 1. The van der Waals surface area contributed by atoms with Gasteiger partial charge in [0, 0.05) is 35.6 Å². The first-order valence-corrected chi connectivity index (χ1v) is 7.88. The van der Waals surface area contributed by atoms with Crippen LogP contribution in [0.1, 0.15) is 34.1 Å². The second kappa shape index (κ2) is 5.53. The van der Waals surface area contributed by atoms with Crippen LogP contribution in [0.15, 0.2) is 16.8 Å². The molecule has 1 aromatic heterocycles. The second-order valence-corrected chi connectivity index (χ2v) is 7.43. The van der Waals surface area contributed by atoms with Gasteiger partial charge in [0.2, 0.25) is 5.91 Å². The number of amides is 1. The quantitative estimate of drug-likeness (QED) is 0.902. The lowest BCUT2D eigenvalue weighted by atomic mass is 9.92. The van der Waals surface area contributed by atoms with E-state index in [4.69, 9.17) is 0 Å². The molecule has 1 fully saturated rings. The Morgan fingerprint density at radius 3 is 2.74 bits per heavy atom. The van der Waals surface area contributed by atoms with Crippen molar-refractivity contribution in [2.45, 2.75) is 40.2 Å². The van der Waals surface area contributed by atoms with E-state index in [1.807, 2.05) is 20.8 Å². The molecule has 0 aliphatic carbocycles. The lowest BCUT2D eigenvalue weighted by Crippen LogP contribution is -2.52. The van der Waals surface area contributed by atoms with Crippen LogP contribution in [0.5, 0.6) is 0 Å². The summed E-state index contributed by atoms with van der Waals surface area (Å²) in [4.78, 5) is 14.5. The molecule has 2 heterocycles. The van der Waals surface area contributed by atoms with E-state index in [-0.39, 0.29) is 17.4 Å². The molecule has 0 radical (unpaired) electrons. The third-order valence-corrected chi connectivity index (χ3v) is 4.22. The number of nitrogens with one attached hydrogen (secondary N) is 1. The maximum atomic E-state index is 12.1. The molecule has 1 amide bonds. The zero-order valence-corrected chi connectivity index (χ0v) is 13.1. The van der Waals surface area contributed by atoms with Gasteiger partial charge in [0.15, 0.2) is 0 Å². The predicted octanol–water partition coefficient (Wildman–Crippen LogP) is 3.13. The lowest BCUT2D eigenvalue weighted by Gasteiger charge is -2.38. The fraction of sp³-hybridized carbons (Fsp3) is 0.667.